The lowest BCUT2D eigenvalue weighted by atomic mass is 9.74. The quantitative estimate of drug-likeness (QED) is 0.744. The van der Waals surface area contributed by atoms with Gasteiger partial charge in [0.25, 0.3) is 0 Å². The van der Waals surface area contributed by atoms with Crippen molar-refractivity contribution in [2.45, 2.75) is 32.1 Å². The third kappa shape index (κ3) is 4.47. The number of allylic oxidation sites excluding steroid dienone is 4. The van der Waals surface area contributed by atoms with Gasteiger partial charge < -0.3 is 5.32 Å². The summed E-state index contributed by atoms with van der Waals surface area (Å²) in [4.78, 5) is 11.2. The van der Waals surface area contributed by atoms with Crippen molar-refractivity contribution >= 4 is 21.6 Å². The van der Waals surface area contributed by atoms with Crippen LogP contribution in [0.25, 0.3) is 0 Å². The summed E-state index contributed by atoms with van der Waals surface area (Å²) in [7, 11) is -3.36. The molecule has 1 aliphatic rings. The van der Waals surface area contributed by atoms with E-state index in [2.05, 4.69) is 34.3 Å². The smallest absolute Gasteiger partial charge is 0.232 e. The Morgan fingerprint density at radius 1 is 1.21 bits per heavy atom. The summed E-state index contributed by atoms with van der Waals surface area (Å²) in [5.74, 6) is -0.0554. The normalized spacial score (nSPS) is 15.9. The summed E-state index contributed by atoms with van der Waals surface area (Å²) in [6.45, 7) is 3.61. The number of sulfonamides is 1. The molecule has 1 aliphatic carbocycles. The number of hydrogen-bond donors (Lipinski definition) is 2. The fourth-order valence-electron chi connectivity index (χ4n) is 2.83. The highest BCUT2D eigenvalue weighted by Crippen LogP contribution is 2.38. The van der Waals surface area contributed by atoms with Crippen LogP contribution < -0.4 is 10.0 Å². The molecule has 0 heterocycles. The zero-order valence-corrected chi connectivity index (χ0v) is 14.9. The molecule has 0 spiro atoms. The summed E-state index contributed by atoms with van der Waals surface area (Å²) in [6.07, 6.45) is 9.83. The second-order valence-electron chi connectivity index (χ2n) is 5.86. The van der Waals surface area contributed by atoms with Gasteiger partial charge in [0.1, 0.15) is 0 Å². The van der Waals surface area contributed by atoms with E-state index in [4.69, 9.17) is 0 Å². The Hall–Kier alpha value is -2.08. The van der Waals surface area contributed by atoms with E-state index in [1.165, 1.54) is 6.92 Å². The Balaban J connectivity index is 2.40. The van der Waals surface area contributed by atoms with E-state index in [1.807, 2.05) is 18.2 Å². The number of rotatable bonds is 7. The molecule has 0 aromatic heterocycles. The fraction of sp³-hybridized carbons (Fsp3) is 0.389. The molecule has 0 atom stereocenters. The molecule has 1 aromatic carbocycles. The maximum absolute atomic E-state index is 12.0. The maximum Gasteiger partial charge on any atom is 0.232 e. The average Bonchev–Trinajstić information content (AvgIpc) is 2.55. The van der Waals surface area contributed by atoms with Gasteiger partial charge in [0.2, 0.25) is 15.9 Å². The highest BCUT2D eigenvalue weighted by molar-refractivity contribution is 7.92. The molecular formula is C18H24N2O3S. The number of carbonyl (C=O) groups is 1. The zero-order chi connectivity index (χ0) is 17.6. The van der Waals surface area contributed by atoms with Crippen LogP contribution in [0, 0.1) is 0 Å². The SMILES string of the molecule is CCS(=O)(=O)Nc1ccccc1C1(CCNC(C)=O)C=CCC=C1. The van der Waals surface area contributed by atoms with E-state index in [0.717, 1.165) is 12.0 Å². The zero-order valence-electron chi connectivity index (χ0n) is 14.1. The lowest BCUT2D eigenvalue weighted by Crippen LogP contribution is -2.31. The van der Waals surface area contributed by atoms with Crippen LogP contribution in [0.5, 0.6) is 0 Å². The topological polar surface area (TPSA) is 75.3 Å². The summed E-state index contributed by atoms with van der Waals surface area (Å²) >= 11 is 0. The second kappa shape index (κ2) is 7.66. The molecule has 2 rings (SSSR count). The Bertz CT molecular complexity index is 739. The summed E-state index contributed by atoms with van der Waals surface area (Å²) < 4.78 is 26.7. The van der Waals surface area contributed by atoms with Gasteiger partial charge >= 0.3 is 0 Å². The van der Waals surface area contributed by atoms with E-state index in [-0.39, 0.29) is 11.7 Å². The lowest BCUT2D eigenvalue weighted by Gasteiger charge is -2.32. The van der Waals surface area contributed by atoms with Gasteiger partial charge in [-0.2, -0.15) is 0 Å². The monoisotopic (exact) mass is 348 g/mol. The van der Waals surface area contributed by atoms with Gasteiger partial charge in [0, 0.05) is 18.9 Å². The van der Waals surface area contributed by atoms with Gasteiger partial charge in [0.15, 0.2) is 0 Å². The summed E-state index contributed by atoms with van der Waals surface area (Å²) in [5.41, 5.74) is 1.03. The van der Waals surface area contributed by atoms with Crippen LogP contribution in [0.3, 0.4) is 0 Å². The van der Waals surface area contributed by atoms with Gasteiger partial charge in [-0.25, -0.2) is 8.42 Å². The minimum Gasteiger partial charge on any atom is -0.356 e. The minimum absolute atomic E-state index is 0.0197. The number of benzene rings is 1. The van der Waals surface area contributed by atoms with E-state index in [1.54, 1.807) is 13.0 Å². The van der Waals surface area contributed by atoms with Crippen molar-refractivity contribution in [3.8, 4) is 0 Å². The van der Waals surface area contributed by atoms with Crippen molar-refractivity contribution in [2.75, 3.05) is 17.0 Å². The number of para-hydroxylation sites is 1. The number of hydrogen-bond acceptors (Lipinski definition) is 3. The molecule has 0 fully saturated rings. The van der Waals surface area contributed by atoms with Crippen LogP contribution in [-0.2, 0) is 20.2 Å². The molecule has 0 saturated carbocycles. The standard InChI is InChI=1S/C18H24N2O3S/c1-3-24(22,23)20-17-10-6-5-9-16(17)18(11-7-4-8-12-18)13-14-19-15(2)21/h5-12,20H,3-4,13-14H2,1-2H3,(H,19,21). The van der Waals surface area contributed by atoms with Gasteiger partial charge in [-0.15, -0.1) is 0 Å². The minimum atomic E-state index is -3.36. The van der Waals surface area contributed by atoms with E-state index < -0.39 is 15.4 Å². The number of carbonyl (C=O) groups excluding carboxylic acids is 1. The Kier molecular flexibility index (Phi) is 5.83. The third-order valence-corrected chi connectivity index (χ3v) is 5.38. The Labute approximate surface area is 143 Å². The molecule has 0 unspecified atom stereocenters. The molecule has 6 heteroatoms. The van der Waals surface area contributed by atoms with Crippen molar-refractivity contribution in [3.63, 3.8) is 0 Å². The first-order valence-electron chi connectivity index (χ1n) is 8.08. The van der Waals surface area contributed by atoms with Gasteiger partial charge in [-0.3, -0.25) is 9.52 Å². The van der Waals surface area contributed by atoms with Crippen LogP contribution in [-0.4, -0.2) is 26.6 Å². The van der Waals surface area contributed by atoms with Crippen LogP contribution in [0.2, 0.25) is 0 Å². The van der Waals surface area contributed by atoms with E-state index in [9.17, 15) is 13.2 Å². The first-order chi connectivity index (χ1) is 11.4. The summed E-state index contributed by atoms with van der Waals surface area (Å²) in [5, 5.41) is 2.82. The first kappa shape index (κ1) is 18.3. The molecular weight excluding hydrogens is 324 g/mol. The number of anilines is 1. The van der Waals surface area contributed by atoms with Crippen molar-refractivity contribution in [1.82, 2.24) is 5.32 Å². The molecule has 5 nitrogen and oxygen atoms in total. The maximum atomic E-state index is 12.0. The van der Waals surface area contributed by atoms with Gasteiger partial charge in [0.05, 0.1) is 11.4 Å². The average molecular weight is 348 g/mol. The Morgan fingerprint density at radius 3 is 2.50 bits per heavy atom. The van der Waals surface area contributed by atoms with Crippen molar-refractivity contribution in [1.29, 1.82) is 0 Å². The van der Waals surface area contributed by atoms with Gasteiger partial charge in [-0.05, 0) is 31.4 Å². The van der Waals surface area contributed by atoms with E-state index >= 15 is 0 Å². The van der Waals surface area contributed by atoms with Crippen molar-refractivity contribution in [3.05, 3.63) is 54.1 Å². The first-order valence-corrected chi connectivity index (χ1v) is 9.73. The third-order valence-electron chi connectivity index (χ3n) is 4.09. The molecule has 130 valence electrons. The van der Waals surface area contributed by atoms with Crippen LogP contribution in [0.15, 0.2) is 48.6 Å². The van der Waals surface area contributed by atoms with Crippen LogP contribution in [0.1, 0.15) is 32.3 Å². The molecule has 1 amide bonds. The van der Waals surface area contributed by atoms with Crippen molar-refractivity contribution < 1.29 is 13.2 Å². The number of amides is 1. The highest BCUT2D eigenvalue weighted by atomic mass is 32.2. The summed E-state index contributed by atoms with van der Waals surface area (Å²) in [6, 6.07) is 7.42. The second-order valence-corrected chi connectivity index (χ2v) is 7.88. The van der Waals surface area contributed by atoms with Crippen LogP contribution >= 0.6 is 0 Å². The van der Waals surface area contributed by atoms with E-state index in [0.29, 0.717) is 18.7 Å². The van der Waals surface area contributed by atoms with Crippen molar-refractivity contribution in [2.24, 2.45) is 0 Å². The van der Waals surface area contributed by atoms with Crippen LogP contribution in [0.4, 0.5) is 5.69 Å². The molecule has 0 radical (unpaired) electrons. The Morgan fingerprint density at radius 2 is 1.88 bits per heavy atom. The largest absolute Gasteiger partial charge is 0.356 e. The molecule has 2 N–H and O–H groups in total. The van der Waals surface area contributed by atoms with Gasteiger partial charge in [-0.1, -0.05) is 42.5 Å². The molecule has 0 saturated heterocycles. The molecule has 24 heavy (non-hydrogen) atoms. The number of nitrogens with one attached hydrogen (secondary N) is 2. The predicted octanol–water partition coefficient (Wildman–Crippen LogP) is 2.73. The molecule has 1 aromatic rings. The highest BCUT2D eigenvalue weighted by Gasteiger charge is 2.30. The predicted molar refractivity (Wildman–Crippen MR) is 97.4 cm³/mol. The fourth-order valence-corrected chi connectivity index (χ4v) is 3.49. The lowest BCUT2D eigenvalue weighted by molar-refractivity contribution is -0.118. The molecule has 0 bridgehead atoms. The molecule has 0 aliphatic heterocycles.